The number of allylic oxidation sites excluding steroid dienone is 1. The Labute approximate surface area is 231 Å². The van der Waals surface area contributed by atoms with Crippen LogP contribution in [-0.4, -0.2) is 38.3 Å². The van der Waals surface area contributed by atoms with Gasteiger partial charge in [0.25, 0.3) is 0 Å². The highest BCUT2D eigenvalue weighted by Gasteiger charge is 2.60. The molecule has 1 aromatic carbocycles. The van der Waals surface area contributed by atoms with Crippen LogP contribution in [0.25, 0.3) is 5.76 Å². The molecule has 5 rings (SSSR count). The molecule has 0 heterocycles. The Morgan fingerprint density at radius 3 is 2.41 bits per heavy atom. The van der Waals surface area contributed by atoms with Crippen LogP contribution in [0.3, 0.4) is 0 Å². The largest absolute Gasteiger partial charge is 0.507 e. The number of ketones is 3. The molecule has 0 bridgehead atoms. The summed E-state index contributed by atoms with van der Waals surface area (Å²) in [6.07, 6.45) is 10.3. The molecular weight excluding hydrogens is 492 g/mol. The van der Waals surface area contributed by atoms with Crippen LogP contribution in [0.1, 0.15) is 114 Å². The normalized spacial score (nSPS) is 27.5. The first-order chi connectivity index (χ1) is 18.5. The van der Waals surface area contributed by atoms with Gasteiger partial charge in [0, 0.05) is 11.5 Å². The zero-order valence-corrected chi connectivity index (χ0v) is 23.7. The molecule has 6 heteroatoms. The highest BCUT2D eigenvalue weighted by molar-refractivity contribution is 6.33. The summed E-state index contributed by atoms with van der Waals surface area (Å²) >= 11 is 0. The van der Waals surface area contributed by atoms with E-state index in [4.69, 9.17) is 0 Å². The van der Waals surface area contributed by atoms with E-state index in [2.05, 4.69) is 19.9 Å². The minimum atomic E-state index is -2.37. The number of phenolic OH excluding ortho intramolecular Hbond substituents is 1. The van der Waals surface area contributed by atoms with Crippen molar-refractivity contribution in [1.82, 2.24) is 0 Å². The van der Waals surface area contributed by atoms with Gasteiger partial charge in [0.2, 0.25) is 11.6 Å². The van der Waals surface area contributed by atoms with Gasteiger partial charge >= 0.3 is 0 Å². The minimum absolute atomic E-state index is 0.00135. The van der Waals surface area contributed by atoms with Crippen LogP contribution in [0.4, 0.5) is 0 Å². The number of carbonyl (C=O) groups excluding carboxylic acids is 3. The number of hydrogen-bond donors (Lipinski definition) is 3. The second kappa shape index (κ2) is 10.3. The maximum atomic E-state index is 13.9. The second-order valence-corrected chi connectivity index (χ2v) is 12.8. The Hall–Kier alpha value is -2.73. The quantitative estimate of drug-likeness (QED) is 0.302. The lowest BCUT2D eigenvalue weighted by Gasteiger charge is -2.46. The van der Waals surface area contributed by atoms with Gasteiger partial charge in [0.1, 0.15) is 11.5 Å². The fourth-order valence-electron chi connectivity index (χ4n) is 7.94. The van der Waals surface area contributed by atoms with Crippen LogP contribution in [0.2, 0.25) is 0 Å². The van der Waals surface area contributed by atoms with Crippen LogP contribution in [0.15, 0.2) is 22.8 Å². The molecule has 1 aromatic rings. The summed E-state index contributed by atoms with van der Waals surface area (Å²) in [7, 11) is 0. The summed E-state index contributed by atoms with van der Waals surface area (Å²) < 4.78 is 0. The Bertz CT molecular complexity index is 1290. The SMILES string of the molecule is CC(=O)C1=C(C)C[C@@H]2C[C@@H]3Cc4c(C(C)C)cc(CCCC5CCCCC5)c(O)c4C(O)=C3C(=O)[C@]2(O)C1=O. The summed E-state index contributed by atoms with van der Waals surface area (Å²) in [5.41, 5.74) is 1.09. The molecule has 0 saturated heterocycles. The number of Topliss-reactive ketones (excluding diaryl/α,β-unsaturated/α-hetero) is 3. The monoisotopic (exact) mass is 534 g/mol. The Kier molecular flexibility index (Phi) is 7.38. The van der Waals surface area contributed by atoms with Gasteiger partial charge in [-0.2, -0.15) is 0 Å². The van der Waals surface area contributed by atoms with Gasteiger partial charge in [0.15, 0.2) is 11.4 Å². The summed E-state index contributed by atoms with van der Waals surface area (Å²) in [4.78, 5) is 39.5. The zero-order valence-electron chi connectivity index (χ0n) is 23.7. The van der Waals surface area contributed by atoms with Crippen molar-refractivity contribution < 1.29 is 29.7 Å². The van der Waals surface area contributed by atoms with E-state index in [0.717, 1.165) is 35.4 Å². The smallest absolute Gasteiger partial charge is 0.206 e. The predicted octanol–water partition coefficient (Wildman–Crippen LogP) is 6.06. The number of benzene rings is 1. The zero-order chi connectivity index (χ0) is 28.2. The number of aliphatic hydroxyl groups excluding tert-OH is 1. The van der Waals surface area contributed by atoms with Gasteiger partial charge in [-0.05, 0) is 80.4 Å². The number of fused-ring (bicyclic) bond motifs is 3. The first-order valence-corrected chi connectivity index (χ1v) is 14.8. The molecule has 210 valence electrons. The summed E-state index contributed by atoms with van der Waals surface area (Å²) in [5, 5.41) is 34.6. The number of phenols is 1. The van der Waals surface area contributed by atoms with Crippen LogP contribution in [0.5, 0.6) is 5.75 Å². The van der Waals surface area contributed by atoms with Gasteiger partial charge < -0.3 is 15.3 Å². The molecule has 0 spiro atoms. The third-order valence-corrected chi connectivity index (χ3v) is 9.93. The molecule has 3 atom stereocenters. The molecule has 0 aliphatic heterocycles. The van der Waals surface area contributed by atoms with E-state index in [1.54, 1.807) is 6.92 Å². The topological polar surface area (TPSA) is 112 Å². The molecule has 0 aromatic heterocycles. The molecule has 2 fully saturated rings. The molecule has 4 aliphatic rings. The maximum absolute atomic E-state index is 13.9. The third kappa shape index (κ3) is 4.49. The number of aliphatic hydroxyl groups is 2. The molecule has 0 radical (unpaired) electrons. The van der Waals surface area contributed by atoms with Crippen LogP contribution in [-0.2, 0) is 27.2 Å². The number of aromatic hydroxyl groups is 1. The fourth-order valence-corrected chi connectivity index (χ4v) is 7.94. The van der Waals surface area contributed by atoms with Gasteiger partial charge in [-0.15, -0.1) is 0 Å². The number of rotatable bonds is 6. The first-order valence-electron chi connectivity index (χ1n) is 14.8. The van der Waals surface area contributed by atoms with Gasteiger partial charge in [-0.25, -0.2) is 0 Å². The van der Waals surface area contributed by atoms with Crippen molar-refractivity contribution in [1.29, 1.82) is 0 Å². The standard InChI is InChI=1S/C33H42O6/c1-17(2)24-15-21(12-8-11-20-9-6-5-7-10-20)29(35)28-25(24)16-22-14-23-13-18(3)26(19(4)34)31(37)33(23,39)32(38)27(22)30(28)36/h15,17,20,22-23,35-36,39H,5-14,16H2,1-4H3/t22-,23-,33-/m1/s1. The van der Waals surface area contributed by atoms with E-state index >= 15 is 0 Å². The first kappa shape index (κ1) is 27.8. The summed E-state index contributed by atoms with van der Waals surface area (Å²) in [6, 6.07) is 2.08. The van der Waals surface area contributed by atoms with Crippen molar-refractivity contribution in [3.8, 4) is 5.75 Å². The van der Waals surface area contributed by atoms with E-state index in [-0.39, 0.29) is 46.5 Å². The minimum Gasteiger partial charge on any atom is -0.507 e. The lowest BCUT2D eigenvalue weighted by molar-refractivity contribution is -0.157. The molecule has 39 heavy (non-hydrogen) atoms. The maximum Gasteiger partial charge on any atom is 0.206 e. The predicted molar refractivity (Wildman–Crippen MR) is 150 cm³/mol. The Morgan fingerprint density at radius 2 is 1.77 bits per heavy atom. The Morgan fingerprint density at radius 1 is 1.08 bits per heavy atom. The van der Waals surface area contributed by atoms with Crippen molar-refractivity contribution >= 4 is 23.1 Å². The summed E-state index contributed by atoms with van der Waals surface area (Å²) in [5.74, 6) is -2.61. The van der Waals surface area contributed by atoms with Gasteiger partial charge in [-0.1, -0.05) is 64.0 Å². The Balaban J connectivity index is 1.54. The highest BCUT2D eigenvalue weighted by atomic mass is 16.3. The van der Waals surface area contributed by atoms with Gasteiger partial charge in [-0.3, -0.25) is 14.4 Å². The molecule has 0 amide bonds. The summed E-state index contributed by atoms with van der Waals surface area (Å²) in [6.45, 7) is 7.17. The molecule has 3 N–H and O–H groups in total. The molecule has 2 saturated carbocycles. The van der Waals surface area contributed by atoms with E-state index < -0.39 is 28.9 Å². The van der Waals surface area contributed by atoms with E-state index in [1.807, 2.05) is 0 Å². The van der Waals surface area contributed by atoms with Crippen molar-refractivity contribution in [2.45, 2.75) is 110 Å². The molecular formula is C33H42O6. The number of carbonyl (C=O) groups is 3. The van der Waals surface area contributed by atoms with Crippen molar-refractivity contribution in [2.75, 3.05) is 0 Å². The van der Waals surface area contributed by atoms with Crippen molar-refractivity contribution in [2.24, 2.45) is 17.8 Å². The third-order valence-electron chi connectivity index (χ3n) is 9.93. The highest BCUT2D eigenvalue weighted by Crippen LogP contribution is 2.53. The number of aryl methyl sites for hydroxylation is 1. The van der Waals surface area contributed by atoms with Crippen molar-refractivity contribution in [3.63, 3.8) is 0 Å². The van der Waals surface area contributed by atoms with Crippen molar-refractivity contribution in [3.05, 3.63) is 45.0 Å². The van der Waals surface area contributed by atoms with E-state index in [0.29, 0.717) is 24.8 Å². The molecule has 0 unspecified atom stereocenters. The van der Waals surface area contributed by atoms with Gasteiger partial charge in [0.05, 0.1) is 11.1 Å². The van der Waals surface area contributed by atoms with Crippen LogP contribution in [0, 0.1) is 17.8 Å². The number of hydrogen-bond acceptors (Lipinski definition) is 6. The lowest BCUT2D eigenvalue weighted by atomic mass is 9.57. The van der Waals surface area contributed by atoms with E-state index in [1.165, 1.54) is 39.0 Å². The van der Waals surface area contributed by atoms with Crippen LogP contribution < -0.4 is 0 Å². The lowest BCUT2D eigenvalue weighted by Crippen LogP contribution is -2.61. The van der Waals surface area contributed by atoms with Crippen LogP contribution >= 0.6 is 0 Å². The van der Waals surface area contributed by atoms with E-state index in [9.17, 15) is 29.7 Å². The fraction of sp³-hybridized carbons (Fsp3) is 0.606. The average molecular weight is 535 g/mol. The average Bonchev–Trinajstić information content (AvgIpc) is 2.87. The molecule has 4 aliphatic carbocycles. The second-order valence-electron chi connectivity index (χ2n) is 12.8. The molecule has 6 nitrogen and oxygen atoms in total.